The van der Waals surface area contributed by atoms with E-state index in [0.717, 1.165) is 18.2 Å². The van der Waals surface area contributed by atoms with Crippen molar-refractivity contribution in [3.8, 4) is 23.0 Å². The van der Waals surface area contributed by atoms with Crippen molar-refractivity contribution in [1.82, 2.24) is 5.43 Å². The second-order valence-electron chi connectivity index (χ2n) is 6.97. The summed E-state index contributed by atoms with van der Waals surface area (Å²) in [5.74, 6) is 0.268. The SMILES string of the molecule is C=CCOc1ccc(C(=O)N/N=C/c2ccccc2Oc2ccc([N+](=O)[O-])cc2[N+](=O)[O-])cc1OC. The lowest BCUT2D eigenvalue weighted by atomic mass is 10.2. The predicted molar refractivity (Wildman–Crippen MR) is 130 cm³/mol. The van der Waals surface area contributed by atoms with Crippen molar-refractivity contribution in [2.45, 2.75) is 0 Å². The molecule has 3 aromatic carbocycles. The van der Waals surface area contributed by atoms with Gasteiger partial charge in [0.25, 0.3) is 11.6 Å². The zero-order valence-electron chi connectivity index (χ0n) is 19.0. The second-order valence-corrected chi connectivity index (χ2v) is 6.97. The van der Waals surface area contributed by atoms with Crippen LogP contribution in [0.3, 0.4) is 0 Å². The number of benzene rings is 3. The van der Waals surface area contributed by atoms with E-state index in [0.29, 0.717) is 17.1 Å². The van der Waals surface area contributed by atoms with Gasteiger partial charge in [0, 0.05) is 17.2 Å². The molecule has 0 radical (unpaired) electrons. The number of hydrazone groups is 1. The minimum atomic E-state index is -0.777. The summed E-state index contributed by atoms with van der Waals surface area (Å²) in [6.45, 7) is 3.85. The Bertz CT molecular complexity index is 1340. The Hall–Kier alpha value is -5.26. The number of rotatable bonds is 11. The first-order valence-electron chi connectivity index (χ1n) is 10.3. The summed E-state index contributed by atoms with van der Waals surface area (Å²) in [5, 5.41) is 26.3. The molecule has 0 atom stereocenters. The van der Waals surface area contributed by atoms with Gasteiger partial charge < -0.3 is 14.2 Å². The lowest BCUT2D eigenvalue weighted by Gasteiger charge is -2.10. The van der Waals surface area contributed by atoms with Crippen molar-refractivity contribution in [2.75, 3.05) is 13.7 Å². The predicted octanol–water partition coefficient (Wildman–Crippen LogP) is 4.63. The molecule has 184 valence electrons. The third-order valence-electron chi connectivity index (χ3n) is 4.64. The molecule has 3 aromatic rings. The van der Waals surface area contributed by atoms with Crippen LogP contribution in [0.4, 0.5) is 11.4 Å². The van der Waals surface area contributed by atoms with Crippen molar-refractivity contribution >= 4 is 23.5 Å². The standard InChI is InChI=1S/C24H20N4O8/c1-3-12-35-22-10-8-16(13-23(22)34-2)24(29)26-25-15-17-6-4-5-7-20(17)36-21-11-9-18(27(30)31)14-19(21)28(32)33/h3-11,13-15H,1,12H2,2H3,(H,26,29)/b25-15+. The minimum absolute atomic E-state index is 0.179. The number of nitrogens with zero attached hydrogens (tertiary/aromatic N) is 3. The molecule has 0 unspecified atom stereocenters. The Labute approximate surface area is 204 Å². The summed E-state index contributed by atoms with van der Waals surface area (Å²) in [6.07, 6.45) is 2.87. The van der Waals surface area contributed by atoms with Crippen LogP contribution in [-0.4, -0.2) is 35.7 Å². The van der Waals surface area contributed by atoms with Crippen molar-refractivity contribution in [2.24, 2.45) is 5.10 Å². The number of nitro groups is 2. The first-order chi connectivity index (χ1) is 17.3. The van der Waals surface area contributed by atoms with Gasteiger partial charge in [0.2, 0.25) is 5.75 Å². The van der Waals surface area contributed by atoms with Gasteiger partial charge in [0.15, 0.2) is 11.5 Å². The highest BCUT2D eigenvalue weighted by Gasteiger charge is 2.21. The number of non-ortho nitro benzene ring substituents is 1. The number of ether oxygens (including phenoxy) is 3. The van der Waals surface area contributed by atoms with E-state index in [1.54, 1.807) is 30.3 Å². The van der Waals surface area contributed by atoms with Crippen LogP contribution < -0.4 is 19.6 Å². The summed E-state index contributed by atoms with van der Waals surface area (Å²) in [7, 11) is 1.45. The number of carbonyl (C=O) groups is 1. The minimum Gasteiger partial charge on any atom is -0.493 e. The average molecular weight is 492 g/mol. The van der Waals surface area contributed by atoms with Gasteiger partial charge in [-0.15, -0.1) is 0 Å². The number of methoxy groups -OCH3 is 1. The van der Waals surface area contributed by atoms with Gasteiger partial charge in [-0.25, -0.2) is 5.43 Å². The maximum atomic E-state index is 12.5. The van der Waals surface area contributed by atoms with Crippen molar-refractivity contribution in [1.29, 1.82) is 0 Å². The van der Waals surface area contributed by atoms with E-state index in [1.807, 2.05) is 0 Å². The molecule has 1 amide bonds. The summed E-state index contributed by atoms with van der Waals surface area (Å²) in [4.78, 5) is 33.3. The van der Waals surface area contributed by atoms with Gasteiger partial charge >= 0.3 is 5.69 Å². The Balaban J connectivity index is 1.77. The lowest BCUT2D eigenvalue weighted by Crippen LogP contribution is -2.17. The Kier molecular flexibility index (Phi) is 8.27. The van der Waals surface area contributed by atoms with Crippen molar-refractivity contribution in [3.63, 3.8) is 0 Å². The molecular formula is C24H20N4O8. The van der Waals surface area contributed by atoms with Crippen LogP contribution in [0.15, 0.2) is 78.4 Å². The highest BCUT2D eigenvalue weighted by molar-refractivity contribution is 5.95. The number of carbonyl (C=O) groups excluding carboxylic acids is 1. The zero-order chi connectivity index (χ0) is 26.1. The molecule has 0 fully saturated rings. The Morgan fingerprint density at radius 3 is 2.44 bits per heavy atom. The number of hydrogen-bond donors (Lipinski definition) is 1. The fourth-order valence-electron chi connectivity index (χ4n) is 2.95. The molecule has 36 heavy (non-hydrogen) atoms. The lowest BCUT2D eigenvalue weighted by molar-refractivity contribution is -0.394. The van der Waals surface area contributed by atoms with Gasteiger partial charge in [-0.3, -0.25) is 25.0 Å². The van der Waals surface area contributed by atoms with Gasteiger partial charge in [0.05, 0.1) is 29.2 Å². The third kappa shape index (κ3) is 6.20. The fourth-order valence-corrected chi connectivity index (χ4v) is 2.95. The monoisotopic (exact) mass is 492 g/mol. The summed E-state index contributed by atoms with van der Waals surface area (Å²) in [6, 6.07) is 14.1. The third-order valence-corrected chi connectivity index (χ3v) is 4.64. The molecule has 12 nitrogen and oxygen atoms in total. The van der Waals surface area contributed by atoms with Crippen LogP contribution in [0.1, 0.15) is 15.9 Å². The molecule has 0 aromatic heterocycles. The van der Waals surface area contributed by atoms with Crippen molar-refractivity contribution in [3.05, 3.63) is 105 Å². The van der Waals surface area contributed by atoms with E-state index in [1.165, 1.54) is 31.5 Å². The molecule has 3 rings (SSSR count). The van der Waals surface area contributed by atoms with Crippen LogP contribution >= 0.6 is 0 Å². The highest BCUT2D eigenvalue weighted by Crippen LogP contribution is 2.35. The maximum Gasteiger partial charge on any atom is 0.318 e. The number of nitro benzene ring substituents is 2. The number of amides is 1. The zero-order valence-corrected chi connectivity index (χ0v) is 19.0. The Morgan fingerprint density at radius 2 is 1.75 bits per heavy atom. The molecule has 1 N–H and O–H groups in total. The van der Waals surface area contributed by atoms with E-state index in [2.05, 4.69) is 17.1 Å². The highest BCUT2D eigenvalue weighted by atomic mass is 16.6. The normalized spacial score (nSPS) is 10.5. The first kappa shape index (κ1) is 25.4. The topological polar surface area (TPSA) is 155 Å². The molecule has 0 bridgehead atoms. The van der Waals surface area contributed by atoms with Crippen LogP contribution in [0.5, 0.6) is 23.0 Å². The van der Waals surface area contributed by atoms with Gasteiger partial charge in [-0.1, -0.05) is 24.8 Å². The number of para-hydroxylation sites is 1. The maximum absolute atomic E-state index is 12.5. The van der Waals surface area contributed by atoms with Crippen LogP contribution in [-0.2, 0) is 0 Å². The van der Waals surface area contributed by atoms with Gasteiger partial charge in [-0.05, 0) is 36.4 Å². The molecule has 0 heterocycles. The molecule has 0 aliphatic carbocycles. The first-order valence-corrected chi connectivity index (χ1v) is 10.3. The van der Waals surface area contributed by atoms with Crippen molar-refractivity contribution < 1.29 is 28.9 Å². The quantitative estimate of drug-likeness (QED) is 0.176. The largest absolute Gasteiger partial charge is 0.493 e. The van der Waals surface area contributed by atoms with Gasteiger partial charge in [0.1, 0.15) is 12.4 Å². The molecule has 0 aliphatic rings. The number of nitrogens with one attached hydrogen (secondary N) is 1. The Morgan fingerprint density at radius 1 is 1.00 bits per heavy atom. The van der Waals surface area contributed by atoms with E-state index >= 15 is 0 Å². The molecule has 12 heteroatoms. The fraction of sp³-hybridized carbons (Fsp3) is 0.0833. The molecular weight excluding hydrogens is 472 g/mol. The second kappa shape index (κ2) is 11.7. The molecule has 0 aliphatic heterocycles. The van der Waals surface area contributed by atoms with Crippen LogP contribution in [0.25, 0.3) is 0 Å². The van der Waals surface area contributed by atoms with E-state index in [9.17, 15) is 25.0 Å². The smallest absolute Gasteiger partial charge is 0.318 e. The molecule has 0 saturated carbocycles. The molecule has 0 spiro atoms. The summed E-state index contributed by atoms with van der Waals surface area (Å²) >= 11 is 0. The molecule has 0 saturated heterocycles. The van der Waals surface area contributed by atoms with Crippen LogP contribution in [0.2, 0.25) is 0 Å². The summed E-state index contributed by atoms with van der Waals surface area (Å²) in [5.41, 5.74) is 2.02. The van der Waals surface area contributed by atoms with E-state index in [4.69, 9.17) is 14.2 Å². The van der Waals surface area contributed by atoms with E-state index < -0.39 is 27.1 Å². The number of hydrogen-bond acceptors (Lipinski definition) is 9. The van der Waals surface area contributed by atoms with E-state index in [-0.39, 0.29) is 23.7 Å². The average Bonchev–Trinajstić information content (AvgIpc) is 2.88. The van der Waals surface area contributed by atoms with Gasteiger partial charge in [-0.2, -0.15) is 5.10 Å². The summed E-state index contributed by atoms with van der Waals surface area (Å²) < 4.78 is 16.4. The van der Waals surface area contributed by atoms with Crippen LogP contribution in [0, 0.1) is 20.2 Å².